The van der Waals surface area contributed by atoms with Crippen LogP contribution in [0.4, 0.5) is 10.1 Å². The van der Waals surface area contributed by atoms with E-state index in [1.807, 2.05) is 49.4 Å². The number of ether oxygens (including phenoxy) is 2. The number of hydrogen-bond acceptors (Lipinski definition) is 5. The van der Waals surface area contributed by atoms with E-state index in [1.165, 1.54) is 23.9 Å². The van der Waals surface area contributed by atoms with E-state index in [-0.39, 0.29) is 18.3 Å². The fraction of sp³-hybridized carbons (Fsp3) is 0.120. The summed E-state index contributed by atoms with van der Waals surface area (Å²) in [6, 6.07) is 19.5. The van der Waals surface area contributed by atoms with Crippen molar-refractivity contribution in [2.45, 2.75) is 13.5 Å². The normalized spacial score (nSPS) is 15.7. The van der Waals surface area contributed by atoms with Crippen molar-refractivity contribution in [1.29, 1.82) is 0 Å². The number of nitrogens with zero attached hydrogens (tertiary/aromatic N) is 1. The maximum Gasteiger partial charge on any atom is 0.264 e. The first kappa shape index (κ1) is 23.3. The summed E-state index contributed by atoms with van der Waals surface area (Å²) in [6.45, 7) is 2.56. The van der Waals surface area contributed by atoms with Crippen LogP contribution in [0.5, 0.6) is 11.5 Å². The monoisotopic (exact) mass is 574 g/mol. The van der Waals surface area contributed by atoms with Crippen LogP contribution in [0.15, 0.2) is 76.6 Å². The SMILES string of the molecule is CCOc1cc(/C=C2\SC(=Nc3ccccc3)NC2=O)cc(I)c1OCc1cccc(F)c1. The van der Waals surface area contributed by atoms with Gasteiger partial charge in [-0.15, -0.1) is 0 Å². The maximum absolute atomic E-state index is 13.5. The Morgan fingerprint density at radius 1 is 1.09 bits per heavy atom. The number of halogens is 2. The van der Waals surface area contributed by atoms with Crippen LogP contribution in [0, 0.1) is 9.39 Å². The Bertz CT molecular complexity index is 1230. The molecule has 5 nitrogen and oxygen atoms in total. The molecular weight excluding hydrogens is 554 g/mol. The molecule has 33 heavy (non-hydrogen) atoms. The minimum Gasteiger partial charge on any atom is -0.490 e. The molecule has 1 saturated heterocycles. The molecule has 1 N–H and O–H groups in total. The predicted octanol–water partition coefficient (Wildman–Crippen LogP) is 6.30. The highest BCUT2D eigenvalue weighted by Crippen LogP contribution is 2.37. The van der Waals surface area contributed by atoms with Crippen molar-refractivity contribution in [3.63, 3.8) is 0 Å². The van der Waals surface area contributed by atoms with Crippen LogP contribution in [0.1, 0.15) is 18.1 Å². The lowest BCUT2D eigenvalue weighted by molar-refractivity contribution is -0.115. The van der Waals surface area contributed by atoms with Crippen molar-refractivity contribution in [3.05, 3.63) is 92.1 Å². The van der Waals surface area contributed by atoms with Gasteiger partial charge >= 0.3 is 0 Å². The molecule has 0 spiro atoms. The van der Waals surface area contributed by atoms with Crippen LogP contribution in [0.25, 0.3) is 6.08 Å². The van der Waals surface area contributed by atoms with Crippen molar-refractivity contribution in [2.24, 2.45) is 4.99 Å². The number of nitrogens with one attached hydrogen (secondary N) is 1. The summed E-state index contributed by atoms with van der Waals surface area (Å²) in [7, 11) is 0. The quantitative estimate of drug-likeness (QED) is 0.266. The molecule has 1 aliphatic rings. The number of benzene rings is 3. The number of amidine groups is 1. The van der Waals surface area contributed by atoms with E-state index >= 15 is 0 Å². The molecule has 3 aromatic carbocycles. The van der Waals surface area contributed by atoms with E-state index in [0.717, 1.165) is 20.4 Å². The molecule has 1 fully saturated rings. The maximum atomic E-state index is 13.5. The van der Waals surface area contributed by atoms with E-state index in [0.29, 0.717) is 28.2 Å². The number of para-hydroxylation sites is 1. The minimum absolute atomic E-state index is 0.200. The van der Waals surface area contributed by atoms with Gasteiger partial charge in [-0.2, -0.15) is 0 Å². The van der Waals surface area contributed by atoms with Gasteiger partial charge in [0.15, 0.2) is 16.7 Å². The fourth-order valence-electron chi connectivity index (χ4n) is 3.11. The summed E-state index contributed by atoms with van der Waals surface area (Å²) in [5, 5.41) is 3.33. The van der Waals surface area contributed by atoms with Gasteiger partial charge in [-0.25, -0.2) is 9.38 Å². The highest BCUT2D eigenvalue weighted by molar-refractivity contribution is 14.1. The number of carbonyl (C=O) groups excluding carboxylic acids is 1. The summed E-state index contributed by atoms with van der Waals surface area (Å²) in [5.74, 6) is 0.641. The van der Waals surface area contributed by atoms with Crippen molar-refractivity contribution >= 4 is 57.2 Å². The second kappa shape index (κ2) is 10.8. The third kappa shape index (κ3) is 6.14. The molecule has 0 unspecified atom stereocenters. The van der Waals surface area contributed by atoms with Crippen LogP contribution < -0.4 is 14.8 Å². The molecular formula is C25H20FIN2O3S. The molecule has 0 saturated carbocycles. The van der Waals surface area contributed by atoms with E-state index in [2.05, 4.69) is 32.9 Å². The molecule has 8 heteroatoms. The summed E-state index contributed by atoms with van der Waals surface area (Å²) >= 11 is 3.46. The number of hydrogen-bond donors (Lipinski definition) is 1. The Morgan fingerprint density at radius 2 is 1.91 bits per heavy atom. The molecule has 1 heterocycles. The Balaban J connectivity index is 1.56. The first-order valence-electron chi connectivity index (χ1n) is 10.2. The average molecular weight is 574 g/mol. The van der Waals surface area contributed by atoms with Crippen molar-refractivity contribution < 1.29 is 18.7 Å². The van der Waals surface area contributed by atoms with Crippen LogP contribution in [-0.2, 0) is 11.4 Å². The summed E-state index contributed by atoms with van der Waals surface area (Å²) in [4.78, 5) is 17.5. The van der Waals surface area contributed by atoms with Gasteiger partial charge in [0, 0.05) is 0 Å². The van der Waals surface area contributed by atoms with E-state index in [9.17, 15) is 9.18 Å². The molecule has 0 atom stereocenters. The third-order valence-electron chi connectivity index (χ3n) is 4.54. The zero-order valence-corrected chi connectivity index (χ0v) is 20.7. The van der Waals surface area contributed by atoms with E-state index < -0.39 is 0 Å². The lowest BCUT2D eigenvalue weighted by Gasteiger charge is -2.15. The highest BCUT2D eigenvalue weighted by atomic mass is 127. The van der Waals surface area contributed by atoms with Crippen molar-refractivity contribution in [1.82, 2.24) is 5.32 Å². The number of carbonyl (C=O) groups is 1. The van der Waals surface area contributed by atoms with Gasteiger partial charge in [-0.3, -0.25) is 4.79 Å². The van der Waals surface area contributed by atoms with Gasteiger partial charge in [0.05, 0.1) is 20.8 Å². The first-order chi connectivity index (χ1) is 16.0. The average Bonchev–Trinajstić information content (AvgIpc) is 3.12. The minimum atomic E-state index is -0.305. The van der Waals surface area contributed by atoms with Gasteiger partial charge in [0.2, 0.25) is 0 Å². The first-order valence-corrected chi connectivity index (χ1v) is 12.1. The van der Waals surface area contributed by atoms with Crippen molar-refractivity contribution in [2.75, 3.05) is 6.61 Å². The number of amides is 1. The lowest BCUT2D eigenvalue weighted by atomic mass is 10.1. The lowest BCUT2D eigenvalue weighted by Crippen LogP contribution is -2.19. The van der Waals surface area contributed by atoms with Crippen molar-refractivity contribution in [3.8, 4) is 11.5 Å². The number of rotatable bonds is 7. The highest BCUT2D eigenvalue weighted by Gasteiger charge is 2.24. The molecule has 0 aliphatic carbocycles. The van der Waals surface area contributed by atoms with Gasteiger partial charge in [-0.05, 0) is 94.9 Å². The standard InChI is InChI=1S/C25H20FIN2O3S/c1-2-31-21-13-17(12-20(27)23(21)32-15-16-7-6-8-18(26)11-16)14-22-24(30)29-25(33-22)28-19-9-4-3-5-10-19/h3-14H,2,15H2,1H3,(H,28,29,30)/b22-14-. The Labute approximate surface area is 209 Å². The zero-order valence-electron chi connectivity index (χ0n) is 17.7. The number of thioether (sulfide) groups is 1. The zero-order chi connectivity index (χ0) is 23.2. The second-order valence-corrected chi connectivity index (χ2v) is 9.19. The second-order valence-electron chi connectivity index (χ2n) is 7.00. The molecule has 3 aromatic rings. The van der Waals surface area contributed by atoms with Crippen LogP contribution in [-0.4, -0.2) is 17.7 Å². The Hall–Kier alpha value is -2.85. The Morgan fingerprint density at radius 3 is 2.67 bits per heavy atom. The fourth-order valence-corrected chi connectivity index (χ4v) is 4.73. The predicted molar refractivity (Wildman–Crippen MR) is 138 cm³/mol. The summed E-state index contributed by atoms with van der Waals surface area (Å²) in [5.41, 5.74) is 2.30. The summed E-state index contributed by atoms with van der Waals surface area (Å²) < 4.78 is 26.1. The van der Waals surface area contributed by atoms with E-state index in [4.69, 9.17) is 9.47 Å². The van der Waals surface area contributed by atoms with Gasteiger partial charge in [-0.1, -0.05) is 30.3 Å². The van der Waals surface area contributed by atoms with E-state index in [1.54, 1.807) is 18.2 Å². The Kier molecular flexibility index (Phi) is 7.66. The topological polar surface area (TPSA) is 59.9 Å². The molecule has 0 radical (unpaired) electrons. The molecule has 168 valence electrons. The third-order valence-corrected chi connectivity index (χ3v) is 6.25. The van der Waals surface area contributed by atoms with Gasteiger partial charge in [0.1, 0.15) is 12.4 Å². The molecule has 0 bridgehead atoms. The van der Waals surface area contributed by atoms with Crippen LogP contribution in [0.2, 0.25) is 0 Å². The summed E-state index contributed by atoms with van der Waals surface area (Å²) in [6.07, 6.45) is 1.80. The smallest absolute Gasteiger partial charge is 0.264 e. The van der Waals surface area contributed by atoms with Gasteiger partial charge in [0.25, 0.3) is 5.91 Å². The molecule has 0 aromatic heterocycles. The van der Waals surface area contributed by atoms with Crippen LogP contribution >= 0.6 is 34.4 Å². The molecule has 1 aliphatic heterocycles. The van der Waals surface area contributed by atoms with Crippen LogP contribution in [0.3, 0.4) is 0 Å². The largest absolute Gasteiger partial charge is 0.490 e. The molecule has 4 rings (SSSR count). The molecule has 1 amide bonds. The number of aliphatic imine (C=N–C) groups is 1. The van der Waals surface area contributed by atoms with Gasteiger partial charge < -0.3 is 14.8 Å².